The summed E-state index contributed by atoms with van der Waals surface area (Å²) in [7, 11) is 0. The summed E-state index contributed by atoms with van der Waals surface area (Å²) in [6, 6.07) is 13.6. The molecule has 2 aromatic rings. The Morgan fingerprint density at radius 1 is 1.21 bits per heavy atom. The molecular formula is C16H17BrFN. The third kappa shape index (κ3) is 4.15. The fourth-order valence-corrected chi connectivity index (χ4v) is 2.55. The molecule has 1 nitrogen and oxygen atoms in total. The minimum Gasteiger partial charge on any atom is -0.306 e. The summed E-state index contributed by atoms with van der Waals surface area (Å²) in [4.78, 5) is 0. The monoisotopic (exact) mass is 321 g/mol. The van der Waals surface area contributed by atoms with Crippen LogP contribution in [-0.2, 0) is 6.54 Å². The van der Waals surface area contributed by atoms with Crippen LogP contribution in [0.2, 0.25) is 0 Å². The molecule has 3 heteroatoms. The number of halogens is 2. The number of benzene rings is 2. The van der Waals surface area contributed by atoms with Crippen LogP contribution in [0.5, 0.6) is 0 Å². The first-order chi connectivity index (χ1) is 9.04. The second-order valence-corrected chi connectivity index (χ2v) is 5.71. The maximum atomic E-state index is 13.3. The van der Waals surface area contributed by atoms with E-state index in [2.05, 4.69) is 59.4 Å². The van der Waals surface area contributed by atoms with Crippen molar-refractivity contribution in [3.63, 3.8) is 0 Å². The Balaban J connectivity index is 2.02. The van der Waals surface area contributed by atoms with Gasteiger partial charge in [-0.3, -0.25) is 0 Å². The Hall–Kier alpha value is -1.19. The van der Waals surface area contributed by atoms with Crippen molar-refractivity contribution in [1.29, 1.82) is 0 Å². The fraction of sp³-hybridized carbons (Fsp3) is 0.250. The Bertz CT molecular complexity index is 548. The molecule has 0 aromatic heterocycles. The Labute approximate surface area is 122 Å². The lowest BCUT2D eigenvalue weighted by Crippen LogP contribution is -2.18. The highest BCUT2D eigenvalue weighted by atomic mass is 79.9. The number of hydrogen-bond donors (Lipinski definition) is 1. The van der Waals surface area contributed by atoms with Crippen LogP contribution in [0.25, 0.3) is 0 Å². The lowest BCUT2D eigenvalue weighted by atomic mass is 10.1. The van der Waals surface area contributed by atoms with Crippen molar-refractivity contribution in [2.24, 2.45) is 0 Å². The molecule has 0 heterocycles. The summed E-state index contributed by atoms with van der Waals surface area (Å²) in [6.07, 6.45) is 0. The summed E-state index contributed by atoms with van der Waals surface area (Å²) in [5.41, 5.74) is 3.43. The smallest absolute Gasteiger partial charge is 0.124 e. The van der Waals surface area contributed by atoms with E-state index >= 15 is 0 Å². The molecule has 0 spiro atoms. The Morgan fingerprint density at radius 2 is 2.00 bits per heavy atom. The maximum Gasteiger partial charge on any atom is 0.124 e. The van der Waals surface area contributed by atoms with E-state index in [1.165, 1.54) is 17.2 Å². The van der Waals surface area contributed by atoms with Gasteiger partial charge in [0.2, 0.25) is 0 Å². The number of hydrogen-bond acceptors (Lipinski definition) is 1. The predicted molar refractivity (Wildman–Crippen MR) is 80.5 cm³/mol. The first kappa shape index (κ1) is 14.2. The van der Waals surface area contributed by atoms with Gasteiger partial charge >= 0.3 is 0 Å². The zero-order valence-electron chi connectivity index (χ0n) is 11.1. The van der Waals surface area contributed by atoms with Crippen molar-refractivity contribution in [2.75, 3.05) is 0 Å². The molecule has 100 valence electrons. The normalized spacial score (nSPS) is 12.4. The molecule has 0 saturated heterocycles. The topological polar surface area (TPSA) is 12.0 Å². The zero-order valence-corrected chi connectivity index (χ0v) is 12.7. The Kier molecular flexibility index (Phi) is 4.72. The molecule has 0 aliphatic heterocycles. The van der Waals surface area contributed by atoms with Gasteiger partial charge in [0.05, 0.1) is 0 Å². The molecule has 1 N–H and O–H groups in total. The first-order valence-electron chi connectivity index (χ1n) is 6.29. The second-order valence-electron chi connectivity index (χ2n) is 4.79. The highest BCUT2D eigenvalue weighted by Crippen LogP contribution is 2.17. The van der Waals surface area contributed by atoms with Crippen LogP contribution < -0.4 is 5.32 Å². The molecule has 0 aliphatic carbocycles. The molecule has 0 amide bonds. The van der Waals surface area contributed by atoms with Crippen molar-refractivity contribution in [3.8, 4) is 0 Å². The van der Waals surface area contributed by atoms with E-state index in [1.807, 2.05) is 6.07 Å². The van der Waals surface area contributed by atoms with Crippen molar-refractivity contribution in [1.82, 2.24) is 5.32 Å². The lowest BCUT2D eigenvalue weighted by molar-refractivity contribution is 0.568. The molecule has 0 unspecified atom stereocenters. The number of rotatable bonds is 4. The summed E-state index contributed by atoms with van der Waals surface area (Å²) >= 11 is 3.31. The van der Waals surface area contributed by atoms with Crippen LogP contribution in [-0.4, -0.2) is 0 Å². The van der Waals surface area contributed by atoms with Crippen LogP contribution in [0.1, 0.15) is 29.7 Å². The van der Waals surface area contributed by atoms with Crippen molar-refractivity contribution < 1.29 is 4.39 Å². The summed E-state index contributed by atoms with van der Waals surface area (Å²) < 4.78 is 14.0. The number of aryl methyl sites for hydroxylation is 1. The average Bonchev–Trinajstić information content (AvgIpc) is 2.35. The number of nitrogens with one attached hydrogen (secondary N) is 1. The largest absolute Gasteiger partial charge is 0.306 e. The molecular weight excluding hydrogens is 305 g/mol. The summed E-state index contributed by atoms with van der Waals surface area (Å²) in [6.45, 7) is 4.84. The van der Waals surface area contributed by atoms with Gasteiger partial charge in [0.15, 0.2) is 0 Å². The van der Waals surface area contributed by atoms with E-state index in [0.29, 0.717) is 6.54 Å². The predicted octanol–water partition coefficient (Wildman–Crippen LogP) is 4.75. The van der Waals surface area contributed by atoms with Gasteiger partial charge in [-0.1, -0.05) is 45.8 Å². The minimum atomic E-state index is -0.214. The van der Waals surface area contributed by atoms with Gasteiger partial charge in [-0.15, -0.1) is 0 Å². The molecule has 2 rings (SSSR count). The van der Waals surface area contributed by atoms with Crippen LogP contribution in [0.4, 0.5) is 4.39 Å². The van der Waals surface area contributed by atoms with Gasteiger partial charge in [0.1, 0.15) is 5.82 Å². The van der Waals surface area contributed by atoms with E-state index < -0.39 is 0 Å². The lowest BCUT2D eigenvalue weighted by Gasteiger charge is -2.15. The molecule has 2 aromatic carbocycles. The molecule has 0 bridgehead atoms. The van der Waals surface area contributed by atoms with Gasteiger partial charge < -0.3 is 5.32 Å². The standard InChI is InChI=1S/C16H17BrFN/c1-11-4-3-5-14(6-11)12(2)19-10-13-7-15(17)9-16(18)8-13/h3-9,12,19H,10H2,1-2H3/t12-/m0/s1. The first-order valence-corrected chi connectivity index (χ1v) is 7.09. The van der Waals surface area contributed by atoms with Gasteiger partial charge in [-0.2, -0.15) is 0 Å². The Morgan fingerprint density at radius 3 is 2.68 bits per heavy atom. The van der Waals surface area contributed by atoms with Crippen LogP contribution in [0.3, 0.4) is 0 Å². The average molecular weight is 322 g/mol. The molecule has 0 aliphatic rings. The molecule has 19 heavy (non-hydrogen) atoms. The van der Waals surface area contributed by atoms with Crippen molar-refractivity contribution in [3.05, 3.63) is 69.4 Å². The molecule has 1 atom stereocenters. The van der Waals surface area contributed by atoms with Gasteiger partial charge in [-0.05, 0) is 43.2 Å². The molecule has 0 radical (unpaired) electrons. The third-order valence-corrected chi connectivity index (χ3v) is 3.53. The zero-order chi connectivity index (χ0) is 13.8. The highest BCUT2D eigenvalue weighted by Gasteiger charge is 2.06. The van der Waals surface area contributed by atoms with E-state index in [0.717, 1.165) is 10.0 Å². The SMILES string of the molecule is Cc1cccc([C@H](C)NCc2cc(F)cc(Br)c2)c1. The van der Waals surface area contributed by atoms with Crippen molar-refractivity contribution in [2.45, 2.75) is 26.4 Å². The summed E-state index contributed by atoms with van der Waals surface area (Å²) in [5.74, 6) is -0.214. The van der Waals surface area contributed by atoms with Crippen LogP contribution in [0.15, 0.2) is 46.9 Å². The minimum absolute atomic E-state index is 0.214. The third-order valence-electron chi connectivity index (χ3n) is 3.08. The van der Waals surface area contributed by atoms with Crippen LogP contribution in [0, 0.1) is 12.7 Å². The van der Waals surface area contributed by atoms with Crippen LogP contribution >= 0.6 is 15.9 Å². The van der Waals surface area contributed by atoms with E-state index in [-0.39, 0.29) is 11.9 Å². The second kappa shape index (κ2) is 6.31. The van der Waals surface area contributed by atoms with E-state index in [9.17, 15) is 4.39 Å². The van der Waals surface area contributed by atoms with E-state index in [1.54, 1.807) is 6.07 Å². The fourth-order valence-electron chi connectivity index (χ4n) is 2.04. The quantitative estimate of drug-likeness (QED) is 0.857. The van der Waals surface area contributed by atoms with Crippen molar-refractivity contribution >= 4 is 15.9 Å². The molecule has 0 fully saturated rings. The van der Waals surface area contributed by atoms with Gasteiger partial charge in [0, 0.05) is 17.1 Å². The van der Waals surface area contributed by atoms with Gasteiger partial charge in [0.25, 0.3) is 0 Å². The molecule has 0 saturated carbocycles. The summed E-state index contributed by atoms with van der Waals surface area (Å²) in [5, 5.41) is 3.41. The highest BCUT2D eigenvalue weighted by molar-refractivity contribution is 9.10. The van der Waals surface area contributed by atoms with Gasteiger partial charge in [-0.25, -0.2) is 4.39 Å². The maximum absolute atomic E-state index is 13.3. The van der Waals surface area contributed by atoms with E-state index in [4.69, 9.17) is 0 Å².